The molecule has 0 radical (unpaired) electrons. The zero-order valence-electron chi connectivity index (χ0n) is 19.6. The molecular formula is C24H30N2O8. The lowest BCUT2D eigenvalue weighted by atomic mass is 9.99. The lowest BCUT2D eigenvalue weighted by Crippen LogP contribution is -2.48. The average Bonchev–Trinajstić information content (AvgIpc) is 3.49. The van der Waals surface area contributed by atoms with E-state index in [1.807, 2.05) is 14.1 Å². The van der Waals surface area contributed by atoms with Gasteiger partial charge in [0, 0.05) is 19.2 Å². The number of nitrogens with one attached hydrogen (secondary N) is 1. The molecule has 1 N–H and O–H groups in total. The van der Waals surface area contributed by atoms with Gasteiger partial charge in [0.1, 0.15) is 24.7 Å². The van der Waals surface area contributed by atoms with Gasteiger partial charge in [-0.05, 0) is 57.7 Å². The Kier molecular flexibility index (Phi) is 7.36. The number of alkyl carbamates (subject to hydrolysis) is 1. The number of carbonyl (C=O) groups excluding carboxylic acids is 1. The van der Waals surface area contributed by atoms with Crippen molar-refractivity contribution >= 4 is 6.09 Å². The third-order valence-corrected chi connectivity index (χ3v) is 5.44. The molecule has 2 heterocycles. The largest absolute Gasteiger partial charge is 0.489 e. The number of fused-ring (bicyclic) bond motifs is 2. The highest BCUT2D eigenvalue weighted by Gasteiger charge is 2.37. The summed E-state index contributed by atoms with van der Waals surface area (Å²) in [7, 11) is 5.51. The molecule has 0 saturated carbocycles. The van der Waals surface area contributed by atoms with E-state index in [2.05, 4.69) is 10.2 Å². The van der Waals surface area contributed by atoms with E-state index in [0.717, 1.165) is 13.0 Å². The second kappa shape index (κ2) is 10.6. The van der Waals surface area contributed by atoms with Gasteiger partial charge in [-0.1, -0.05) is 0 Å². The van der Waals surface area contributed by atoms with Crippen LogP contribution < -0.4 is 33.7 Å². The second-order valence-electron chi connectivity index (χ2n) is 8.34. The molecule has 0 saturated heterocycles. The Bertz CT molecular complexity index is 935. The Morgan fingerprint density at radius 3 is 1.94 bits per heavy atom. The molecule has 10 heteroatoms. The Morgan fingerprint density at radius 1 is 0.912 bits per heavy atom. The molecule has 0 atom stereocenters. The van der Waals surface area contributed by atoms with Gasteiger partial charge in [0.05, 0.1) is 0 Å². The maximum atomic E-state index is 12.3. The third-order valence-electron chi connectivity index (χ3n) is 5.44. The molecule has 2 aromatic carbocycles. The molecule has 1 amide bonds. The minimum absolute atomic E-state index is 0.0814. The molecule has 184 valence electrons. The van der Waals surface area contributed by atoms with Crippen LogP contribution in [0, 0.1) is 0 Å². The van der Waals surface area contributed by atoms with Gasteiger partial charge < -0.3 is 43.4 Å². The first-order valence-corrected chi connectivity index (χ1v) is 11.1. The lowest BCUT2D eigenvalue weighted by Gasteiger charge is -2.33. The Balaban J connectivity index is 1.51. The standard InChI is InChI=1S/C24H30N2O8/c1-25-23(27)34-24(9-4-10-26(2)3,13-28-17-5-7-19-21(11-17)32-15-30-19)14-29-18-6-8-20-22(12-18)33-16-31-20/h5-8,11-12H,4,9-10,13-16H2,1-3H3,(H,25,27). The minimum atomic E-state index is -1.05. The van der Waals surface area contributed by atoms with Gasteiger partial charge in [-0.2, -0.15) is 0 Å². The summed E-state index contributed by atoms with van der Waals surface area (Å²) in [5, 5.41) is 2.53. The number of rotatable bonds is 11. The fourth-order valence-corrected chi connectivity index (χ4v) is 3.62. The van der Waals surface area contributed by atoms with Crippen molar-refractivity contribution in [2.75, 3.05) is 54.5 Å². The van der Waals surface area contributed by atoms with Crippen LogP contribution in [0.4, 0.5) is 4.79 Å². The highest BCUT2D eigenvalue weighted by atomic mass is 16.7. The molecule has 10 nitrogen and oxygen atoms in total. The van der Waals surface area contributed by atoms with E-state index >= 15 is 0 Å². The summed E-state index contributed by atoms with van der Waals surface area (Å²) in [5.41, 5.74) is -1.05. The maximum absolute atomic E-state index is 12.3. The SMILES string of the molecule is CNC(=O)OC(CCCN(C)C)(COc1ccc2c(c1)OCO2)COc1ccc2c(c1)OCO2. The number of nitrogens with zero attached hydrogens (tertiary/aromatic N) is 1. The Hall–Kier alpha value is -3.53. The van der Waals surface area contributed by atoms with Crippen LogP contribution in [0.3, 0.4) is 0 Å². The van der Waals surface area contributed by atoms with Gasteiger partial charge in [-0.25, -0.2) is 4.79 Å². The average molecular weight is 475 g/mol. The first-order valence-electron chi connectivity index (χ1n) is 11.1. The summed E-state index contributed by atoms with van der Waals surface area (Å²) in [6.45, 7) is 1.33. The number of hydrogen-bond donors (Lipinski definition) is 1. The number of amides is 1. The van der Waals surface area contributed by atoms with E-state index in [4.69, 9.17) is 33.2 Å². The highest BCUT2D eigenvalue weighted by Crippen LogP contribution is 2.37. The van der Waals surface area contributed by atoms with Gasteiger partial charge in [0.2, 0.25) is 13.6 Å². The molecule has 2 aromatic rings. The van der Waals surface area contributed by atoms with E-state index in [-0.39, 0.29) is 26.8 Å². The molecule has 0 bridgehead atoms. The van der Waals surface area contributed by atoms with E-state index in [1.165, 1.54) is 7.05 Å². The molecule has 2 aliphatic rings. The molecule has 2 aliphatic heterocycles. The topological polar surface area (TPSA) is 97.0 Å². The highest BCUT2D eigenvalue weighted by molar-refractivity contribution is 5.67. The van der Waals surface area contributed by atoms with Crippen LogP contribution in [0.5, 0.6) is 34.5 Å². The van der Waals surface area contributed by atoms with Gasteiger partial charge in [0.25, 0.3) is 0 Å². The Morgan fingerprint density at radius 2 is 1.44 bits per heavy atom. The summed E-state index contributed by atoms with van der Waals surface area (Å²) >= 11 is 0. The number of carbonyl (C=O) groups is 1. The first kappa shape index (κ1) is 23.6. The van der Waals surface area contributed by atoms with Crippen LogP contribution >= 0.6 is 0 Å². The van der Waals surface area contributed by atoms with E-state index < -0.39 is 11.7 Å². The van der Waals surface area contributed by atoms with Crippen LogP contribution in [0.2, 0.25) is 0 Å². The van der Waals surface area contributed by atoms with E-state index in [1.54, 1.807) is 36.4 Å². The number of benzene rings is 2. The third kappa shape index (κ3) is 5.88. The van der Waals surface area contributed by atoms with Crippen molar-refractivity contribution in [1.82, 2.24) is 10.2 Å². The summed E-state index contributed by atoms with van der Waals surface area (Å²) in [6.07, 6.45) is 0.723. The van der Waals surface area contributed by atoms with Crippen LogP contribution in [-0.4, -0.2) is 71.1 Å². The zero-order valence-corrected chi connectivity index (χ0v) is 19.6. The molecule has 0 spiro atoms. The van der Waals surface area contributed by atoms with Crippen LogP contribution in [0.25, 0.3) is 0 Å². The smallest absolute Gasteiger partial charge is 0.407 e. The normalized spacial score (nSPS) is 13.6. The van der Waals surface area contributed by atoms with Crippen molar-refractivity contribution < 1.29 is 38.0 Å². The molecular weight excluding hydrogens is 444 g/mol. The molecule has 34 heavy (non-hydrogen) atoms. The molecule has 0 fully saturated rings. The monoisotopic (exact) mass is 474 g/mol. The summed E-state index contributed by atoms with van der Waals surface area (Å²) in [5.74, 6) is 3.70. The maximum Gasteiger partial charge on any atom is 0.407 e. The summed E-state index contributed by atoms with van der Waals surface area (Å²) in [4.78, 5) is 14.4. The predicted molar refractivity (Wildman–Crippen MR) is 122 cm³/mol. The van der Waals surface area contributed by atoms with Gasteiger partial charge in [0.15, 0.2) is 28.6 Å². The molecule has 4 rings (SSSR count). The Labute approximate surface area is 198 Å². The lowest BCUT2D eigenvalue weighted by molar-refractivity contribution is -0.0578. The van der Waals surface area contributed by atoms with Crippen molar-refractivity contribution in [3.63, 3.8) is 0 Å². The fourth-order valence-electron chi connectivity index (χ4n) is 3.62. The van der Waals surface area contributed by atoms with Crippen molar-refractivity contribution in [3.8, 4) is 34.5 Å². The summed E-state index contributed by atoms with van der Waals surface area (Å²) < 4.78 is 39.6. The van der Waals surface area contributed by atoms with Gasteiger partial charge in [-0.15, -0.1) is 0 Å². The van der Waals surface area contributed by atoms with Crippen molar-refractivity contribution in [3.05, 3.63) is 36.4 Å². The summed E-state index contributed by atoms with van der Waals surface area (Å²) in [6, 6.07) is 10.7. The fraction of sp³-hybridized carbons (Fsp3) is 0.458. The van der Waals surface area contributed by atoms with Crippen LogP contribution in [0.15, 0.2) is 36.4 Å². The molecule has 0 aromatic heterocycles. The van der Waals surface area contributed by atoms with Crippen molar-refractivity contribution in [2.24, 2.45) is 0 Å². The zero-order chi connectivity index (χ0) is 24.0. The van der Waals surface area contributed by atoms with Crippen molar-refractivity contribution in [1.29, 1.82) is 0 Å². The van der Waals surface area contributed by atoms with Gasteiger partial charge >= 0.3 is 6.09 Å². The van der Waals surface area contributed by atoms with E-state index in [0.29, 0.717) is 40.9 Å². The van der Waals surface area contributed by atoms with E-state index in [9.17, 15) is 4.79 Å². The number of hydrogen-bond acceptors (Lipinski definition) is 9. The molecule has 0 unspecified atom stereocenters. The first-order chi connectivity index (χ1) is 16.5. The van der Waals surface area contributed by atoms with Crippen LogP contribution in [0.1, 0.15) is 12.8 Å². The predicted octanol–water partition coefficient (Wildman–Crippen LogP) is 3.04. The number of ether oxygens (including phenoxy) is 7. The van der Waals surface area contributed by atoms with Crippen LogP contribution in [-0.2, 0) is 4.74 Å². The second-order valence-corrected chi connectivity index (χ2v) is 8.34. The van der Waals surface area contributed by atoms with Crippen molar-refractivity contribution in [2.45, 2.75) is 18.4 Å². The minimum Gasteiger partial charge on any atom is -0.489 e. The van der Waals surface area contributed by atoms with Gasteiger partial charge in [-0.3, -0.25) is 0 Å². The quantitative estimate of drug-likeness (QED) is 0.527. The molecule has 0 aliphatic carbocycles.